The average Bonchev–Trinajstić information content (AvgIpc) is 4.15. The number of methoxy groups -OCH3 is 2. The Bertz CT molecular complexity index is 2740. The molecule has 14 heteroatoms. The van der Waals surface area contributed by atoms with Crippen molar-refractivity contribution in [2.75, 3.05) is 27.4 Å². The van der Waals surface area contributed by atoms with Gasteiger partial charge < -0.3 is 28.1 Å². The fraction of sp³-hybridized carbons (Fsp3) is 0.240. The summed E-state index contributed by atoms with van der Waals surface area (Å²) in [7, 11) is 3.35. The number of nitrogens with zero attached hydrogens (tertiary/aromatic N) is 10. The van der Waals surface area contributed by atoms with Gasteiger partial charge in [0.2, 0.25) is 0 Å². The molecule has 0 N–H and O–H groups in total. The number of hydrogen-bond donors (Lipinski definition) is 0. The fourth-order valence-corrected chi connectivity index (χ4v) is 7.71. The molecule has 14 nitrogen and oxygen atoms in total. The predicted molar refractivity (Wildman–Crippen MR) is 246 cm³/mol. The third-order valence-electron chi connectivity index (χ3n) is 11.1. The molecule has 8 aromatic rings. The minimum Gasteiger partial charge on any atom is -0.495 e. The molecule has 4 aromatic heterocycles. The van der Waals surface area contributed by atoms with E-state index in [1.807, 2.05) is 105 Å². The number of hydrogen-bond acceptors (Lipinski definition) is 10. The Balaban J connectivity index is 0.000000162. The highest BCUT2D eigenvalue weighted by atomic mass is 16.5. The van der Waals surface area contributed by atoms with Gasteiger partial charge in [-0.25, -0.2) is 29.3 Å². The monoisotopic (exact) mass is 854 g/mol. The Hall–Kier alpha value is -7.42. The van der Waals surface area contributed by atoms with E-state index in [9.17, 15) is 0 Å². The van der Waals surface area contributed by atoms with Crippen molar-refractivity contribution in [3.8, 4) is 22.9 Å². The van der Waals surface area contributed by atoms with Crippen molar-refractivity contribution in [2.24, 2.45) is 0 Å². The lowest BCUT2D eigenvalue weighted by Gasteiger charge is -2.23. The molecule has 10 rings (SSSR count). The number of benzene rings is 4. The number of aryl methyl sites for hydroxylation is 4. The first-order valence-corrected chi connectivity index (χ1v) is 21.2. The van der Waals surface area contributed by atoms with Crippen LogP contribution in [0, 0.1) is 27.7 Å². The molecule has 2 atom stereocenters. The molecular formula is C50H50N10O4. The number of imidazole rings is 2. The van der Waals surface area contributed by atoms with Crippen molar-refractivity contribution in [3.05, 3.63) is 178 Å². The minimum atomic E-state index is -0.197. The summed E-state index contributed by atoms with van der Waals surface area (Å²) >= 11 is 0. The summed E-state index contributed by atoms with van der Waals surface area (Å²) in [5.41, 5.74) is 10.4. The third-order valence-corrected chi connectivity index (χ3v) is 11.1. The highest BCUT2D eigenvalue weighted by Gasteiger charge is 2.27. The van der Waals surface area contributed by atoms with Gasteiger partial charge in [0.25, 0.3) is 0 Å². The summed E-state index contributed by atoms with van der Waals surface area (Å²) in [6.07, 6.45) is 15.0. The van der Waals surface area contributed by atoms with Gasteiger partial charge in [-0.1, -0.05) is 83.9 Å². The SMILES string of the molecule is COc1cc(/C=C/c2nc3n(n2)CCO[C@@H]3c2ccc(C)cc2)ccc1-n1cnc(C)c1.COc1cc(/C=C/c2nc3n(n2)CCO[C@H]3c2ccc(C)cc2)ccc1-n1cnc(C)c1. The lowest BCUT2D eigenvalue weighted by molar-refractivity contribution is 0.0389. The Labute approximate surface area is 372 Å². The van der Waals surface area contributed by atoms with Crippen LogP contribution in [0.1, 0.15) is 80.3 Å². The topological polar surface area (TPSA) is 134 Å². The third kappa shape index (κ3) is 9.19. The van der Waals surface area contributed by atoms with E-state index in [1.165, 1.54) is 11.1 Å². The zero-order chi connectivity index (χ0) is 44.2. The number of rotatable bonds is 10. The molecule has 324 valence electrons. The van der Waals surface area contributed by atoms with E-state index in [0.717, 1.165) is 68.2 Å². The van der Waals surface area contributed by atoms with E-state index in [4.69, 9.17) is 28.9 Å². The van der Waals surface area contributed by atoms with Gasteiger partial charge in [-0.3, -0.25) is 0 Å². The van der Waals surface area contributed by atoms with Gasteiger partial charge in [-0.15, -0.1) is 0 Å². The molecule has 0 aliphatic carbocycles. The first kappa shape index (κ1) is 41.9. The van der Waals surface area contributed by atoms with Crippen LogP contribution in [0.15, 0.2) is 110 Å². The van der Waals surface area contributed by atoms with Crippen molar-refractivity contribution in [1.29, 1.82) is 0 Å². The van der Waals surface area contributed by atoms with E-state index in [1.54, 1.807) is 26.9 Å². The minimum absolute atomic E-state index is 0.197. The van der Waals surface area contributed by atoms with Crippen LogP contribution in [0.3, 0.4) is 0 Å². The molecule has 6 heterocycles. The zero-order valence-electron chi connectivity index (χ0n) is 36.8. The van der Waals surface area contributed by atoms with Gasteiger partial charge in [0.15, 0.2) is 23.3 Å². The summed E-state index contributed by atoms with van der Waals surface area (Å²) in [6, 6.07) is 28.9. The molecule has 2 aliphatic heterocycles. The molecule has 0 amide bonds. The summed E-state index contributed by atoms with van der Waals surface area (Å²) in [4.78, 5) is 18.1. The molecule has 0 saturated heterocycles. The Morgan fingerprint density at radius 1 is 0.547 bits per heavy atom. The van der Waals surface area contributed by atoms with Crippen LogP contribution >= 0.6 is 0 Å². The number of fused-ring (bicyclic) bond motifs is 2. The van der Waals surface area contributed by atoms with Gasteiger partial charge in [0.05, 0.1) is 75.9 Å². The smallest absolute Gasteiger partial charge is 0.174 e. The van der Waals surface area contributed by atoms with Gasteiger partial charge in [0, 0.05) is 12.4 Å². The zero-order valence-corrected chi connectivity index (χ0v) is 36.8. The van der Waals surface area contributed by atoms with Crippen LogP contribution in [0.25, 0.3) is 35.7 Å². The highest BCUT2D eigenvalue weighted by molar-refractivity contribution is 5.70. The summed E-state index contributed by atoms with van der Waals surface area (Å²) in [5, 5.41) is 9.33. The second-order valence-electron chi connectivity index (χ2n) is 15.8. The summed E-state index contributed by atoms with van der Waals surface area (Å²) < 4.78 is 31.1. The Kier molecular flexibility index (Phi) is 12.1. The van der Waals surface area contributed by atoms with Gasteiger partial charge in [0.1, 0.15) is 23.7 Å². The first-order chi connectivity index (χ1) is 31.2. The fourth-order valence-electron chi connectivity index (χ4n) is 7.71. The molecule has 4 aromatic carbocycles. The Morgan fingerprint density at radius 3 is 1.34 bits per heavy atom. The Morgan fingerprint density at radius 2 is 0.969 bits per heavy atom. The largest absolute Gasteiger partial charge is 0.495 e. The molecule has 0 radical (unpaired) electrons. The van der Waals surface area contributed by atoms with Crippen molar-refractivity contribution >= 4 is 24.3 Å². The van der Waals surface area contributed by atoms with E-state index in [2.05, 4.69) is 82.5 Å². The van der Waals surface area contributed by atoms with Crippen molar-refractivity contribution < 1.29 is 18.9 Å². The van der Waals surface area contributed by atoms with Crippen molar-refractivity contribution in [1.82, 2.24) is 48.6 Å². The van der Waals surface area contributed by atoms with E-state index >= 15 is 0 Å². The van der Waals surface area contributed by atoms with Crippen molar-refractivity contribution in [3.63, 3.8) is 0 Å². The maximum atomic E-state index is 6.02. The lowest BCUT2D eigenvalue weighted by atomic mass is 10.1. The van der Waals surface area contributed by atoms with Crippen LogP contribution in [0.5, 0.6) is 11.5 Å². The van der Waals surface area contributed by atoms with Gasteiger partial charge >= 0.3 is 0 Å². The van der Waals surface area contributed by atoms with Crippen LogP contribution in [0.2, 0.25) is 0 Å². The normalized spacial score (nSPS) is 15.8. The molecule has 0 spiro atoms. The van der Waals surface area contributed by atoms with Gasteiger partial charge in [-0.2, -0.15) is 10.2 Å². The predicted octanol–water partition coefficient (Wildman–Crippen LogP) is 8.76. The molecule has 0 unspecified atom stereocenters. The quantitative estimate of drug-likeness (QED) is 0.132. The van der Waals surface area contributed by atoms with Crippen LogP contribution in [-0.2, 0) is 22.6 Å². The number of ether oxygens (including phenoxy) is 4. The van der Waals surface area contributed by atoms with Crippen LogP contribution < -0.4 is 9.47 Å². The van der Waals surface area contributed by atoms with E-state index < -0.39 is 0 Å². The molecule has 64 heavy (non-hydrogen) atoms. The molecular weight excluding hydrogens is 805 g/mol. The van der Waals surface area contributed by atoms with Crippen molar-refractivity contribution in [2.45, 2.75) is 53.0 Å². The maximum absolute atomic E-state index is 6.02. The van der Waals surface area contributed by atoms with Gasteiger partial charge in [-0.05, 0) is 86.4 Å². The second-order valence-corrected chi connectivity index (χ2v) is 15.8. The lowest BCUT2D eigenvalue weighted by Crippen LogP contribution is -2.23. The molecule has 0 bridgehead atoms. The van der Waals surface area contributed by atoms with E-state index in [-0.39, 0.29) is 12.2 Å². The summed E-state index contributed by atoms with van der Waals surface area (Å²) in [6.45, 7) is 10.7. The molecule has 0 fully saturated rings. The molecule has 2 aliphatic rings. The highest BCUT2D eigenvalue weighted by Crippen LogP contribution is 2.31. The van der Waals surface area contributed by atoms with Crippen LogP contribution in [-0.4, -0.2) is 76.1 Å². The average molecular weight is 855 g/mol. The summed E-state index contributed by atoms with van der Waals surface area (Å²) in [5.74, 6) is 4.54. The maximum Gasteiger partial charge on any atom is 0.174 e. The second kappa shape index (κ2) is 18.5. The standard InChI is InChI=1S/2C25H25N5O2/c2*1-17-4-8-20(9-5-17)24-25-27-23(28-30(25)12-13-32-24)11-7-19-6-10-21(22(14-19)31-3)29-15-18(2)26-16-29/h2*4-11,14-16,24H,12-13H2,1-3H3/b2*11-7+/t2*24-/m10/s1. The first-order valence-electron chi connectivity index (χ1n) is 21.2. The van der Waals surface area contributed by atoms with Crippen LogP contribution in [0.4, 0.5) is 0 Å². The molecule has 0 saturated carbocycles. The number of aromatic nitrogens is 10. The van der Waals surface area contributed by atoms with E-state index in [0.29, 0.717) is 38.0 Å².